The summed E-state index contributed by atoms with van der Waals surface area (Å²) >= 11 is 18.1. The molecule has 2 aromatic rings. The Morgan fingerprint density at radius 2 is 1.93 bits per heavy atom. The summed E-state index contributed by atoms with van der Waals surface area (Å²) < 4.78 is 2.01. The van der Waals surface area contributed by atoms with E-state index in [-0.39, 0.29) is 0 Å². The molecule has 0 saturated heterocycles. The predicted molar refractivity (Wildman–Crippen MR) is 65.2 cm³/mol. The number of rotatable bonds is 1. The first-order chi connectivity index (χ1) is 7.06. The zero-order valence-corrected chi connectivity index (χ0v) is 10.6. The fraction of sp³-hybridized carbons (Fsp3) is 0.300. The smallest absolute Gasteiger partial charge is 0.110 e. The third kappa shape index (κ3) is 1.61. The van der Waals surface area contributed by atoms with Gasteiger partial charge in [-0.15, -0.1) is 0 Å². The highest BCUT2D eigenvalue weighted by molar-refractivity contribution is 6.47. The van der Waals surface area contributed by atoms with Crippen molar-refractivity contribution >= 4 is 45.8 Å². The summed E-state index contributed by atoms with van der Waals surface area (Å²) in [5.41, 5.74) is 1.53. The van der Waals surface area contributed by atoms with E-state index in [1.807, 2.05) is 18.4 Å². The highest BCUT2D eigenvalue weighted by Crippen LogP contribution is 2.35. The zero-order valence-electron chi connectivity index (χ0n) is 8.31. The van der Waals surface area contributed by atoms with E-state index >= 15 is 0 Å². The van der Waals surface area contributed by atoms with Crippen LogP contribution in [0.1, 0.15) is 12.7 Å². The minimum Gasteiger partial charge on any atom is -0.327 e. The van der Waals surface area contributed by atoms with Crippen LogP contribution in [0.3, 0.4) is 0 Å². The summed E-state index contributed by atoms with van der Waals surface area (Å²) in [5.74, 6) is 0.888. The van der Waals surface area contributed by atoms with Crippen molar-refractivity contribution in [1.29, 1.82) is 0 Å². The number of halogens is 3. The molecule has 1 heterocycles. The lowest BCUT2D eigenvalue weighted by atomic mass is 10.3. The van der Waals surface area contributed by atoms with E-state index < -0.39 is 0 Å². The summed E-state index contributed by atoms with van der Waals surface area (Å²) in [7, 11) is 0. The van der Waals surface area contributed by atoms with Gasteiger partial charge in [-0.1, -0.05) is 34.8 Å². The van der Waals surface area contributed by atoms with Gasteiger partial charge in [0.15, 0.2) is 0 Å². The Bertz CT molecular complexity index is 531. The topological polar surface area (TPSA) is 17.8 Å². The van der Waals surface area contributed by atoms with Crippen molar-refractivity contribution < 1.29 is 0 Å². The van der Waals surface area contributed by atoms with Crippen LogP contribution in [0.2, 0.25) is 15.1 Å². The van der Waals surface area contributed by atoms with Gasteiger partial charge in [0, 0.05) is 6.54 Å². The Hall–Kier alpha value is -0.440. The van der Waals surface area contributed by atoms with Crippen LogP contribution in [-0.2, 0) is 6.54 Å². The molecule has 0 N–H and O–H groups in total. The van der Waals surface area contributed by atoms with Crippen LogP contribution in [0.5, 0.6) is 0 Å². The fourth-order valence-corrected chi connectivity index (χ4v) is 2.44. The molecule has 2 rings (SSSR count). The molecule has 5 heteroatoms. The molecular weight excluding hydrogens is 254 g/mol. The number of imidazole rings is 1. The van der Waals surface area contributed by atoms with Crippen LogP contribution >= 0.6 is 34.8 Å². The Labute approximate surface area is 103 Å². The number of aromatic nitrogens is 2. The molecule has 80 valence electrons. The highest BCUT2D eigenvalue weighted by Gasteiger charge is 2.15. The maximum Gasteiger partial charge on any atom is 0.110 e. The van der Waals surface area contributed by atoms with Crippen LogP contribution in [0, 0.1) is 6.92 Å². The third-order valence-electron chi connectivity index (χ3n) is 2.37. The molecule has 0 aliphatic rings. The Kier molecular flexibility index (Phi) is 2.84. The summed E-state index contributed by atoms with van der Waals surface area (Å²) in [6, 6.07) is 1.65. The summed E-state index contributed by atoms with van der Waals surface area (Å²) in [4.78, 5) is 4.37. The fourth-order valence-electron chi connectivity index (χ4n) is 1.70. The van der Waals surface area contributed by atoms with Gasteiger partial charge in [-0.25, -0.2) is 4.98 Å². The van der Waals surface area contributed by atoms with Crippen LogP contribution in [0.4, 0.5) is 0 Å². The van der Waals surface area contributed by atoms with E-state index in [1.54, 1.807) is 6.07 Å². The second-order valence-electron chi connectivity index (χ2n) is 3.25. The van der Waals surface area contributed by atoms with Crippen LogP contribution < -0.4 is 0 Å². The second-order valence-corrected chi connectivity index (χ2v) is 4.45. The quantitative estimate of drug-likeness (QED) is 0.701. The van der Waals surface area contributed by atoms with Crippen molar-refractivity contribution in [2.24, 2.45) is 0 Å². The van der Waals surface area contributed by atoms with Crippen LogP contribution in [-0.4, -0.2) is 9.55 Å². The summed E-state index contributed by atoms with van der Waals surface area (Å²) in [5, 5.41) is 1.49. The molecule has 1 aromatic carbocycles. The monoisotopic (exact) mass is 262 g/mol. The van der Waals surface area contributed by atoms with Crippen LogP contribution in [0.15, 0.2) is 6.07 Å². The van der Waals surface area contributed by atoms with E-state index in [4.69, 9.17) is 34.8 Å². The molecule has 0 fully saturated rings. The first kappa shape index (κ1) is 11.1. The zero-order chi connectivity index (χ0) is 11.2. The van der Waals surface area contributed by atoms with E-state index in [9.17, 15) is 0 Å². The number of benzene rings is 1. The molecule has 1 aromatic heterocycles. The van der Waals surface area contributed by atoms with Crippen molar-refractivity contribution in [3.05, 3.63) is 27.0 Å². The maximum absolute atomic E-state index is 6.13. The number of hydrogen-bond donors (Lipinski definition) is 0. The van der Waals surface area contributed by atoms with Gasteiger partial charge in [0.2, 0.25) is 0 Å². The Morgan fingerprint density at radius 1 is 1.27 bits per heavy atom. The molecule has 0 atom stereocenters. The van der Waals surface area contributed by atoms with Crippen molar-refractivity contribution in [2.75, 3.05) is 0 Å². The molecule has 0 radical (unpaired) electrons. The standard InChI is InChI=1S/C10H9Cl3N2/c1-3-15-5(2)14-9-8(13)6(11)4-7(12)10(9)15/h4H,3H2,1-2H3. The van der Waals surface area contributed by atoms with Crippen LogP contribution in [0.25, 0.3) is 11.0 Å². The molecule has 0 bridgehead atoms. The largest absolute Gasteiger partial charge is 0.327 e. The molecule has 0 spiro atoms. The first-order valence-electron chi connectivity index (χ1n) is 4.56. The summed E-state index contributed by atoms with van der Waals surface area (Å²) in [6.45, 7) is 4.76. The third-order valence-corrected chi connectivity index (χ3v) is 3.44. The van der Waals surface area contributed by atoms with Crippen molar-refractivity contribution in [1.82, 2.24) is 9.55 Å². The molecule has 15 heavy (non-hydrogen) atoms. The molecule has 2 nitrogen and oxygen atoms in total. The Balaban J connectivity index is 2.96. The van der Waals surface area contributed by atoms with E-state index in [0.29, 0.717) is 20.6 Å². The lowest BCUT2D eigenvalue weighted by molar-refractivity contribution is 0.753. The van der Waals surface area contributed by atoms with Crippen molar-refractivity contribution in [2.45, 2.75) is 20.4 Å². The van der Waals surface area contributed by atoms with Gasteiger partial charge >= 0.3 is 0 Å². The maximum atomic E-state index is 6.13. The average molecular weight is 264 g/mol. The average Bonchev–Trinajstić information content (AvgIpc) is 2.52. The minimum atomic E-state index is 0.440. The lowest BCUT2D eigenvalue weighted by Gasteiger charge is -2.04. The number of hydrogen-bond acceptors (Lipinski definition) is 1. The predicted octanol–water partition coefficient (Wildman–Crippen LogP) is 4.32. The van der Waals surface area contributed by atoms with E-state index in [2.05, 4.69) is 4.98 Å². The minimum absolute atomic E-state index is 0.440. The number of aryl methyl sites for hydroxylation is 2. The van der Waals surface area contributed by atoms with Gasteiger partial charge in [0.25, 0.3) is 0 Å². The normalized spacial score (nSPS) is 11.3. The molecule has 0 aliphatic carbocycles. The van der Waals surface area contributed by atoms with Gasteiger partial charge in [-0.2, -0.15) is 0 Å². The first-order valence-corrected chi connectivity index (χ1v) is 5.70. The highest BCUT2D eigenvalue weighted by atomic mass is 35.5. The second kappa shape index (κ2) is 3.85. The number of fused-ring (bicyclic) bond motifs is 1. The lowest BCUT2D eigenvalue weighted by Crippen LogP contribution is -1.96. The molecule has 0 unspecified atom stereocenters. The van der Waals surface area contributed by atoms with Gasteiger partial charge in [0.05, 0.1) is 20.6 Å². The molecular formula is C10H9Cl3N2. The SMILES string of the molecule is CCn1c(C)nc2c(Cl)c(Cl)cc(Cl)c21. The molecule has 0 saturated carbocycles. The van der Waals surface area contributed by atoms with Gasteiger partial charge in [0.1, 0.15) is 11.3 Å². The van der Waals surface area contributed by atoms with Gasteiger partial charge < -0.3 is 4.57 Å². The van der Waals surface area contributed by atoms with Crippen molar-refractivity contribution in [3.63, 3.8) is 0 Å². The van der Waals surface area contributed by atoms with E-state index in [1.165, 1.54) is 0 Å². The van der Waals surface area contributed by atoms with Gasteiger partial charge in [-0.05, 0) is 19.9 Å². The summed E-state index contributed by atoms with van der Waals surface area (Å²) in [6.07, 6.45) is 0. The molecule has 0 aliphatic heterocycles. The number of nitrogens with zero attached hydrogens (tertiary/aromatic N) is 2. The van der Waals surface area contributed by atoms with E-state index in [0.717, 1.165) is 17.9 Å². The Morgan fingerprint density at radius 3 is 2.53 bits per heavy atom. The molecule has 0 amide bonds. The van der Waals surface area contributed by atoms with Gasteiger partial charge in [-0.3, -0.25) is 0 Å². The van der Waals surface area contributed by atoms with Crippen molar-refractivity contribution in [3.8, 4) is 0 Å².